The molecule has 1 atom stereocenters. The van der Waals surface area contributed by atoms with Crippen LogP contribution in [-0.2, 0) is 19.1 Å². The topological polar surface area (TPSA) is 72.8 Å². The van der Waals surface area contributed by atoms with Crippen molar-refractivity contribution in [1.82, 2.24) is 0 Å². The molecule has 0 spiro atoms. The molecule has 0 aromatic rings. The molecule has 71 heavy (non-hydrogen) atoms. The van der Waals surface area contributed by atoms with Gasteiger partial charge in [0, 0.05) is 12.8 Å². The van der Waals surface area contributed by atoms with Gasteiger partial charge in [-0.15, -0.1) is 0 Å². The molecule has 0 rings (SSSR count). The van der Waals surface area contributed by atoms with Crippen molar-refractivity contribution in [3.8, 4) is 0 Å². The number of unbranched alkanes of at least 4 members (excludes halogenated alkanes) is 40. The van der Waals surface area contributed by atoms with Crippen LogP contribution in [0.25, 0.3) is 0 Å². The van der Waals surface area contributed by atoms with Crippen LogP contribution in [0.3, 0.4) is 0 Å². The second-order valence-electron chi connectivity index (χ2n) is 21.1. The van der Waals surface area contributed by atoms with E-state index in [2.05, 4.69) is 74.6 Å². The number of rotatable bonds is 58. The molecule has 0 aliphatic rings. The maximum absolute atomic E-state index is 12.3. The summed E-state index contributed by atoms with van der Waals surface area (Å²) in [6, 6.07) is 0. The summed E-state index contributed by atoms with van der Waals surface area (Å²) in [5.74, 6) is -0.586. The summed E-state index contributed by atoms with van der Waals surface area (Å²) in [7, 11) is 0. The molecule has 1 N–H and O–H groups in total. The van der Waals surface area contributed by atoms with Crippen molar-refractivity contribution >= 4 is 11.9 Å². The molecule has 0 aromatic carbocycles. The minimum absolute atomic E-state index is 0.0674. The summed E-state index contributed by atoms with van der Waals surface area (Å²) < 4.78 is 10.7. The van der Waals surface area contributed by atoms with Crippen molar-refractivity contribution < 1.29 is 24.2 Å². The highest BCUT2D eigenvalue weighted by Crippen LogP contribution is 2.17. The quantitative estimate of drug-likeness (QED) is 0.0373. The van der Waals surface area contributed by atoms with E-state index >= 15 is 0 Å². The van der Waals surface area contributed by atoms with Gasteiger partial charge in [-0.25, -0.2) is 0 Å². The largest absolute Gasteiger partial charge is 0.462 e. The number of esters is 2. The van der Waals surface area contributed by atoms with Gasteiger partial charge in [-0.3, -0.25) is 9.59 Å². The fraction of sp³-hybridized carbons (Fsp3) is 0.818. The molecule has 0 bridgehead atoms. The highest BCUT2D eigenvalue weighted by atomic mass is 16.6. The van der Waals surface area contributed by atoms with E-state index in [1.165, 1.54) is 244 Å². The van der Waals surface area contributed by atoms with Crippen LogP contribution in [0.1, 0.15) is 328 Å². The minimum Gasteiger partial charge on any atom is -0.462 e. The number of aliphatic hydroxyl groups excluding tert-OH is 1. The van der Waals surface area contributed by atoms with E-state index in [9.17, 15) is 14.7 Å². The first-order chi connectivity index (χ1) is 35.1. The van der Waals surface area contributed by atoms with Crippen LogP contribution in [0.15, 0.2) is 60.8 Å². The number of carbonyl (C=O) groups excluding carboxylic acids is 2. The smallest absolute Gasteiger partial charge is 0.306 e. The third-order valence-electron chi connectivity index (χ3n) is 14.0. The second-order valence-corrected chi connectivity index (χ2v) is 21.1. The zero-order chi connectivity index (χ0) is 51.3. The predicted octanol–water partition coefficient (Wildman–Crippen LogP) is 21.4. The Bertz CT molecular complexity index is 1210. The number of carbonyl (C=O) groups is 2. The predicted molar refractivity (Wildman–Crippen MR) is 311 cm³/mol. The van der Waals surface area contributed by atoms with Crippen LogP contribution in [0, 0.1) is 0 Å². The molecule has 0 aliphatic carbocycles. The van der Waals surface area contributed by atoms with Gasteiger partial charge in [0.1, 0.15) is 6.61 Å². The van der Waals surface area contributed by atoms with E-state index < -0.39 is 6.10 Å². The molecule has 0 saturated heterocycles. The highest BCUT2D eigenvalue weighted by Gasteiger charge is 2.16. The van der Waals surface area contributed by atoms with Crippen LogP contribution in [0.5, 0.6) is 0 Å². The van der Waals surface area contributed by atoms with Crippen molar-refractivity contribution in [2.75, 3.05) is 13.2 Å². The van der Waals surface area contributed by atoms with Crippen molar-refractivity contribution in [3.05, 3.63) is 60.8 Å². The molecule has 0 radical (unpaired) electrons. The number of allylic oxidation sites excluding steroid dienone is 10. The molecule has 5 heteroatoms. The Labute approximate surface area is 442 Å². The standard InChI is InChI=1S/C66H120O5/c1-3-5-7-9-11-13-15-17-19-21-23-24-25-26-27-28-29-30-31-32-33-34-35-36-37-38-39-40-41-42-43-45-47-49-51-53-55-57-59-61-66(69)71-64(62-67)63-70-65(68)60-58-56-54-52-50-48-46-44-22-20-18-16-14-12-10-8-6-4-2/h14-17,20-23,25-26,64,67H,3-13,18-19,24,27-63H2,1-2H3/b16-14-,17-15-,22-20-,23-21-,26-25-. The first kappa shape index (κ1) is 68.6. The molecule has 5 nitrogen and oxygen atoms in total. The van der Waals surface area contributed by atoms with Crippen LogP contribution >= 0.6 is 0 Å². The van der Waals surface area contributed by atoms with Crippen molar-refractivity contribution in [2.24, 2.45) is 0 Å². The molecule has 0 heterocycles. The molecule has 0 aromatic heterocycles. The summed E-state index contributed by atoms with van der Waals surface area (Å²) in [5, 5.41) is 9.66. The minimum atomic E-state index is -0.775. The van der Waals surface area contributed by atoms with E-state index in [0.717, 1.165) is 57.8 Å². The highest BCUT2D eigenvalue weighted by molar-refractivity contribution is 5.70. The zero-order valence-electron chi connectivity index (χ0n) is 47.5. The Balaban J connectivity index is 3.40. The average molecular weight is 994 g/mol. The monoisotopic (exact) mass is 993 g/mol. The maximum Gasteiger partial charge on any atom is 0.306 e. The van der Waals surface area contributed by atoms with Gasteiger partial charge in [0.2, 0.25) is 0 Å². The van der Waals surface area contributed by atoms with Crippen molar-refractivity contribution in [1.29, 1.82) is 0 Å². The summed E-state index contributed by atoms with van der Waals surface area (Å²) in [4.78, 5) is 24.5. The van der Waals surface area contributed by atoms with E-state index in [4.69, 9.17) is 9.47 Å². The Hall–Kier alpha value is -2.40. The fourth-order valence-electron chi connectivity index (χ4n) is 9.30. The van der Waals surface area contributed by atoms with Crippen molar-refractivity contribution in [3.63, 3.8) is 0 Å². The van der Waals surface area contributed by atoms with E-state index in [0.29, 0.717) is 12.8 Å². The van der Waals surface area contributed by atoms with Crippen LogP contribution in [0.4, 0.5) is 0 Å². The van der Waals surface area contributed by atoms with Gasteiger partial charge in [0.05, 0.1) is 6.61 Å². The molecular weight excluding hydrogens is 873 g/mol. The Kier molecular flexibility index (Phi) is 59.8. The summed E-state index contributed by atoms with van der Waals surface area (Å²) in [6.07, 6.45) is 83.7. The summed E-state index contributed by atoms with van der Waals surface area (Å²) in [5.41, 5.74) is 0. The molecule has 0 fully saturated rings. The molecule has 0 saturated carbocycles. The van der Waals surface area contributed by atoms with Crippen LogP contribution < -0.4 is 0 Å². The number of ether oxygens (including phenoxy) is 2. The van der Waals surface area contributed by atoms with E-state index in [1.807, 2.05) is 0 Å². The molecule has 0 aliphatic heterocycles. The summed E-state index contributed by atoms with van der Waals surface area (Å²) in [6.45, 7) is 4.14. The third kappa shape index (κ3) is 60.1. The molecular formula is C66H120O5. The Morgan fingerprint density at radius 3 is 0.859 bits per heavy atom. The first-order valence-electron chi connectivity index (χ1n) is 31.3. The Morgan fingerprint density at radius 2 is 0.563 bits per heavy atom. The SMILES string of the molecule is CCCCCC/C=C\C/C=C\CCCCCCCCCC(=O)OCC(CO)OC(=O)CCCCCCCCCCCCCCCCCCCCCCCCCC/C=C\C/C=C\C/C=C\CCCCCCC. The average Bonchev–Trinajstić information content (AvgIpc) is 3.37. The normalized spacial score (nSPS) is 12.5. The summed E-state index contributed by atoms with van der Waals surface area (Å²) >= 11 is 0. The zero-order valence-corrected chi connectivity index (χ0v) is 47.5. The van der Waals surface area contributed by atoms with E-state index in [1.54, 1.807) is 0 Å². The van der Waals surface area contributed by atoms with Gasteiger partial charge >= 0.3 is 11.9 Å². The van der Waals surface area contributed by atoms with Gasteiger partial charge in [0.15, 0.2) is 6.10 Å². The van der Waals surface area contributed by atoms with Crippen LogP contribution in [0.2, 0.25) is 0 Å². The molecule has 414 valence electrons. The van der Waals surface area contributed by atoms with Gasteiger partial charge in [-0.1, -0.05) is 293 Å². The lowest BCUT2D eigenvalue weighted by molar-refractivity contribution is -0.161. The van der Waals surface area contributed by atoms with Gasteiger partial charge in [0.25, 0.3) is 0 Å². The maximum atomic E-state index is 12.3. The lowest BCUT2D eigenvalue weighted by Gasteiger charge is -2.15. The first-order valence-corrected chi connectivity index (χ1v) is 31.3. The number of hydrogen-bond acceptors (Lipinski definition) is 5. The lowest BCUT2D eigenvalue weighted by Crippen LogP contribution is -2.28. The molecule has 0 amide bonds. The second kappa shape index (κ2) is 61.9. The van der Waals surface area contributed by atoms with Crippen LogP contribution in [-0.4, -0.2) is 36.4 Å². The van der Waals surface area contributed by atoms with Crippen molar-refractivity contribution in [2.45, 2.75) is 335 Å². The number of hydrogen-bond donors (Lipinski definition) is 1. The molecule has 1 unspecified atom stereocenters. The van der Waals surface area contributed by atoms with Gasteiger partial charge < -0.3 is 14.6 Å². The fourth-order valence-corrected chi connectivity index (χ4v) is 9.30. The Morgan fingerprint density at radius 1 is 0.324 bits per heavy atom. The van der Waals surface area contributed by atoms with Gasteiger partial charge in [-0.05, 0) is 83.5 Å². The third-order valence-corrected chi connectivity index (χ3v) is 14.0. The van der Waals surface area contributed by atoms with Gasteiger partial charge in [-0.2, -0.15) is 0 Å². The lowest BCUT2D eigenvalue weighted by atomic mass is 10.0. The number of aliphatic hydroxyl groups is 1. The van der Waals surface area contributed by atoms with E-state index in [-0.39, 0.29) is 25.2 Å².